The second kappa shape index (κ2) is 9.44. The Balaban J connectivity index is 0.00000192. The summed E-state index contributed by atoms with van der Waals surface area (Å²) in [6.07, 6.45) is 2.68. The maximum Gasteiger partial charge on any atom is 0.191 e. The Hall–Kier alpha value is -0.860. The van der Waals surface area contributed by atoms with E-state index in [2.05, 4.69) is 39.1 Å². The highest BCUT2D eigenvalue weighted by molar-refractivity contribution is 14.0. The molecule has 0 aliphatic carbocycles. The van der Waals surface area contributed by atoms with Crippen LogP contribution in [0.4, 0.5) is 0 Å². The van der Waals surface area contributed by atoms with Crippen molar-refractivity contribution in [2.24, 2.45) is 10.7 Å². The molecule has 128 valence electrons. The zero-order valence-electron chi connectivity index (χ0n) is 13.6. The Morgan fingerprint density at radius 3 is 2.26 bits per heavy atom. The lowest BCUT2D eigenvalue weighted by molar-refractivity contribution is 0.0674. The summed E-state index contributed by atoms with van der Waals surface area (Å²) in [5.41, 5.74) is 8.64. The van der Waals surface area contributed by atoms with Crippen LogP contribution in [0.2, 0.25) is 0 Å². The molecule has 0 atom stereocenters. The third-order valence-electron chi connectivity index (χ3n) is 4.39. The maximum atomic E-state index is 6.05. The lowest BCUT2D eigenvalue weighted by atomic mass is 10.1. The summed E-state index contributed by atoms with van der Waals surface area (Å²) in [5.74, 6) is 0.629. The second-order valence-corrected chi connectivity index (χ2v) is 6.07. The van der Waals surface area contributed by atoms with Gasteiger partial charge in [0.25, 0.3) is 0 Å². The molecule has 0 unspecified atom stereocenters. The van der Waals surface area contributed by atoms with Gasteiger partial charge >= 0.3 is 0 Å². The molecule has 23 heavy (non-hydrogen) atoms. The molecule has 0 aromatic heterocycles. The molecule has 1 aromatic carbocycles. The molecule has 3 rings (SSSR count). The van der Waals surface area contributed by atoms with Crippen molar-refractivity contribution in [2.75, 3.05) is 39.4 Å². The molecule has 2 saturated heterocycles. The highest BCUT2D eigenvalue weighted by Crippen LogP contribution is 2.13. The van der Waals surface area contributed by atoms with Crippen LogP contribution < -0.4 is 5.73 Å². The van der Waals surface area contributed by atoms with Crippen molar-refractivity contribution in [2.45, 2.75) is 25.9 Å². The maximum absolute atomic E-state index is 6.05. The lowest BCUT2D eigenvalue weighted by Crippen LogP contribution is -2.44. The van der Waals surface area contributed by atoms with Gasteiger partial charge < -0.3 is 15.4 Å². The van der Waals surface area contributed by atoms with E-state index in [1.807, 2.05) is 0 Å². The van der Waals surface area contributed by atoms with Gasteiger partial charge in [-0.1, -0.05) is 24.3 Å². The monoisotopic (exact) mass is 430 g/mol. The number of morpholine rings is 1. The van der Waals surface area contributed by atoms with E-state index in [9.17, 15) is 0 Å². The SMILES string of the molecule is I.NC(=NCc1ccc(CN2CCCC2)cc1)N1CCOCC1. The van der Waals surface area contributed by atoms with E-state index in [1.54, 1.807) is 0 Å². The first-order chi connectivity index (χ1) is 10.8. The smallest absolute Gasteiger partial charge is 0.191 e. The van der Waals surface area contributed by atoms with E-state index >= 15 is 0 Å². The van der Waals surface area contributed by atoms with Gasteiger partial charge in [0.15, 0.2) is 5.96 Å². The zero-order chi connectivity index (χ0) is 15.2. The molecule has 2 aliphatic heterocycles. The number of halogens is 1. The van der Waals surface area contributed by atoms with Crippen molar-refractivity contribution in [1.29, 1.82) is 0 Å². The van der Waals surface area contributed by atoms with Gasteiger partial charge in [0.2, 0.25) is 0 Å². The fourth-order valence-electron chi connectivity index (χ4n) is 3.01. The molecule has 2 aliphatic rings. The van der Waals surface area contributed by atoms with Gasteiger partial charge in [0.1, 0.15) is 0 Å². The Kier molecular flexibility index (Phi) is 7.58. The van der Waals surface area contributed by atoms with Gasteiger partial charge in [-0.25, -0.2) is 4.99 Å². The van der Waals surface area contributed by atoms with Crippen molar-refractivity contribution in [3.05, 3.63) is 35.4 Å². The summed E-state index contributed by atoms with van der Waals surface area (Å²) >= 11 is 0. The first-order valence-corrected chi connectivity index (χ1v) is 8.24. The molecule has 2 heterocycles. The first kappa shape index (κ1) is 18.5. The Labute approximate surface area is 155 Å². The number of hydrogen-bond donors (Lipinski definition) is 1. The van der Waals surface area contributed by atoms with Crippen LogP contribution in [0.15, 0.2) is 29.3 Å². The summed E-state index contributed by atoms with van der Waals surface area (Å²) in [5, 5.41) is 0. The van der Waals surface area contributed by atoms with Gasteiger partial charge in [-0.3, -0.25) is 4.90 Å². The quantitative estimate of drug-likeness (QED) is 0.452. The number of benzene rings is 1. The molecule has 6 heteroatoms. The van der Waals surface area contributed by atoms with Crippen LogP contribution in [0.3, 0.4) is 0 Å². The molecular formula is C17H27IN4O. The first-order valence-electron chi connectivity index (χ1n) is 8.24. The van der Waals surface area contributed by atoms with Crippen molar-refractivity contribution < 1.29 is 4.74 Å². The third-order valence-corrected chi connectivity index (χ3v) is 4.39. The fraction of sp³-hybridized carbons (Fsp3) is 0.588. The second-order valence-electron chi connectivity index (χ2n) is 6.07. The molecule has 0 spiro atoms. The van der Waals surface area contributed by atoms with Crippen LogP contribution in [0.1, 0.15) is 24.0 Å². The molecule has 2 fully saturated rings. The minimum atomic E-state index is 0. The lowest BCUT2D eigenvalue weighted by Gasteiger charge is -2.27. The van der Waals surface area contributed by atoms with Crippen LogP contribution >= 0.6 is 24.0 Å². The zero-order valence-corrected chi connectivity index (χ0v) is 15.9. The Bertz CT molecular complexity index is 494. The summed E-state index contributed by atoms with van der Waals surface area (Å²) in [7, 11) is 0. The van der Waals surface area contributed by atoms with E-state index in [1.165, 1.54) is 37.1 Å². The predicted octanol–water partition coefficient (Wildman–Crippen LogP) is 2.05. The molecule has 2 N–H and O–H groups in total. The normalized spacial score (nSPS) is 19.7. The molecular weight excluding hydrogens is 403 g/mol. The third kappa shape index (κ3) is 5.61. The van der Waals surface area contributed by atoms with E-state index in [0.717, 1.165) is 32.8 Å². The van der Waals surface area contributed by atoms with E-state index < -0.39 is 0 Å². The van der Waals surface area contributed by atoms with Crippen molar-refractivity contribution in [3.8, 4) is 0 Å². The minimum absolute atomic E-state index is 0. The number of nitrogens with zero attached hydrogens (tertiary/aromatic N) is 3. The van der Waals surface area contributed by atoms with Gasteiger partial charge in [-0.05, 0) is 37.1 Å². The van der Waals surface area contributed by atoms with Crippen molar-refractivity contribution >= 4 is 29.9 Å². The van der Waals surface area contributed by atoms with E-state index in [-0.39, 0.29) is 24.0 Å². The number of aliphatic imine (C=N–C) groups is 1. The molecule has 0 bridgehead atoms. The van der Waals surface area contributed by atoms with Gasteiger partial charge in [-0.15, -0.1) is 24.0 Å². The minimum Gasteiger partial charge on any atom is -0.378 e. The van der Waals surface area contributed by atoms with Crippen LogP contribution in [-0.2, 0) is 17.8 Å². The number of ether oxygens (including phenoxy) is 1. The Morgan fingerprint density at radius 1 is 1.00 bits per heavy atom. The largest absolute Gasteiger partial charge is 0.378 e. The number of likely N-dealkylation sites (tertiary alicyclic amines) is 1. The highest BCUT2D eigenvalue weighted by atomic mass is 127. The average Bonchev–Trinajstić information content (AvgIpc) is 3.08. The number of guanidine groups is 1. The van der Waals surface area contributed by atoms with Crippen molar-refractivity contribution in [1.82, 2.24) is 9.80 Å². The Morgan fingerprint density at radius 2 is 1.61 bits per heavy atom. The van der Waals surface area contributed by atoms with Gasteiger partial charge in [-0.2, -0.15) is 0 Å². The molecule has 0 saturated carbocycles. The fourth-order valence-corrected chi connectivity index (χ4v) is 3.01. The average molecular weight is 430 g/mol. The number of hydrogen-bond acceptors (Lipinski definition) is 3. The van der Waals surface area contributed by atoms with Crippen LogP contribution in [0, 0.1) is 0 Å². The molecule has 1 aromatic rings. The standard InChI is InChI=1S/C17H26N4O.HI/c18-17(21-9-11-22-12-10-21)19-13-15-3-5-16(6-4-15)14-20-7-1-2-8-20;/h3-6H,1-2,7-14H2,(H2,18,19);1H. The van der Waals surface area contributed by atoms with Gasteiger partial charge in [0, 0.05) is 19.6 Å². The topological polar surface area (TPSA) is 54.1 Å². The number of rotatable bonds is 4. The van der Waals surface area contributed by atoms with Crippen LogP contribution in [-0.4, -0.2) is 55.2 Å². The molecule has 0 radical (unpaired) electrons. The summed E-state index contributed by atoms with van der Waals surface area (Å²) < 4.78 is 5.32. The summed E-state index contributed by atoms with van der Waals surface area (Å²) in [6, 6.07) is 8.77. The van der Waals surface area contributed by atoms with E-state index in [4.69, 9.17) is 10.5 Å². The van der Waals surface area contributed by atoms with Crippen LogP contribution in [0.25, 0.3) is 0 Å². The van der Waals surface area contributed by atoms with E-state index in [0.29, 0.717) is 12.5 Å². The molecule has 0 amide bonds. The highest BCUT2D eigenvalue weighted by Gasteiger charge is 2.12. The predicted molar refractivity (Wildman–Crippen MR) is 104 cm³/mol. The van der Waals surface area contributed by atoms with Gasteiger partial charge in [0.05, 0.1) is 19.8 Å². The summed E-state index contributed by atoms with van der Waals surface area (Å²) in [6.45, 7) is 7.34. The van der Waals surface area contributed by atoms with Crippen molar-refractivity contribution in [3.63, 3.8) is 0 Å². The van der Waals surface area contributed by atoms with Crippen LogP contribution in [0.5, 0.6) is 0 Å². The molecule has 5 nitrogen and oxygen atoms in total. The summed E-state index contributed by atoms with van der Waals surface area (Å²) in [4.78, 5) is 9.11. The number of nitrogens with two attached hydrogens (primary N) is 1.